The highest BCUT2D eigenvalue weighted by Gasteiger charge is 2.53. The third kappa shape index (κ3) is 15.3. The molecule has 3 aliphatic heterocycles. The lowest BCUT2D eigenvalue weighted by molar-refractivity contribution is -0.265. The first-order valence-corrected chi connectivity index (χ1v) is 25.9. The Balaban J connectivity index is 1.67. The molecule has 1 aliphatic carbocycles. The molecular weight excluding hydrogens is 931 g/mol. The lowest BCUT2D eigenvalue weighted by atomic mass is 9.78. The van der Waals surface area contributed by atoms with E-state index in [0.29, 0.717) is 63.4 Å². The maximum atomic E-state index is 14.4. The Hall–Kier alpha value is -3.94. The molecule has 4 rings (SSSR count). The lowest BCUT2D eigenvalue weighted by Crippen LogP contribution is -2.59. The number of carbonyl (C=O) groups excluding carboxylic acids is 6. The average molecular weight is 1020 g/mol. The van der Waals surface area contributed by atoms with Gasteiger partial charge in [0.2, 0.25) is 5.79 Å². The van der Waals surface area contributed by atoms with E-state index in [1.54, 1.807) is 40.9 Å². The first-order valence-electron chi connectivity index (χ1n) is 25.9. The van der Waals surface area contributed by atoms with E-state index < -0.39 is 120 Å². The molecule has 0 radical (unpaired) electrons. The van der Waals surface area contributed by atoms with Crippen molar-refractivity contribution >= 4 is 35.2 Å². The second kappa shape index (κ2) is 27.6. The van der Waals surface area contributed by atoms with Crippen LogP contribution in [0.2, 0.25) is 0 Å². The Kier molecular flexibility index (Phi) is 23.2. The van der Waals surface area contributed by atoms with Crippen LogP contribution in [0, 0.1) is 40.9 Å². The van der Waals surface area contributed by atoms with Crippen molar-refractivity contribution in [2.45, 2.75) is 181 Å². The van der Waals surface area contributed by atoms with Gasteiger partial charge in [-0.05, 0) is 107 Å². The molecule has 2 bridgehead atoms. The van der Waals surface area contributed by atoms with Gasteiger partial charge >= 0.3 is 11.9 Å². The van der Waals surface area contributed by atoms with Crippen LogP contribution >= 0.6 is 0 Å². The number of ether oxygens (including phenoxy) is 6. The number of nitrogens with zero attached hydrogens (tertiary/aromatic N) is 1. The van der Waals surface area contributed by atoms with E-state index in [0.717, 1.165) is 10.5 Å². The molecular formula is C55H85NO16. The fourth-order valence-electron chi connectivity index (χ4n) is 10.5. The number of allylic oxidation sites excluding steroid dienone is 6. The first kappa shape index (κ1) is 60.6. The number of esters is 2. The molecule has 2 saturated heterocycles. The van der Waals surface area contributed by atoms with Crippen LogP contribution < -0.4 is 0 Å². The SMILES string of the molecule is CO[C@H]1C[C@@H]2CC[C@@H](C)[C@@](O)(O2)C(=O)C(=O)N2CCC[C@H]2C(=O)O[C@H]([C@H](C)C[C@@H]2CC[C@@H](OC(=O)C(C)(CO)CO)[C@H](OC)C2)CC(=O)[C@H](C)/C=C(\C)[C@@H](O)[C@@H](OC)C(=O)[C@H](C)C[C@H](C)/C=C/C=C/C=C1C. The molecule has 1 amide bonds. The Bertz CT molecular complexity index is 1990. The van der Waals surface area contributed by atoms with Gasteiger partial charge < -0.3 is 53.7 Å². The summed E-state index contributed by atoms with van der Waals surface area (Å²) < 4.78 is 35.3. The van der Waals surface area contributed by atoms with Crippen LogP contribution in [0.3, 0.4) is 0 Å². The van der Waals surface area contributed by atoms with Gasteiger partial charge in [-0.1, -0.05) is 71.1 Å². The highest BCUT2D eigenvalue weighted by atomic mass is 16.6. The molecule has 4 N–H and O–H groups in total. The summed E-state index contributed by atoms with van der Waals surface area (Å²) in [6, 6.07) is -1.19. The molecule has 17 nitrogen and oxygen atoms in total. The van der Waals surface area contributed by atoms with Crippen molar-refractivity contribution in [1.82, 2.24) is 4.90 Å². The zero-order valence-corrected chi connectivity index (χ0v) is 44.6. The number of hydrogen-bond acceptors (Lipinski definition) is 16. The number of methoxy groups -OCH3 is 3. The van der Waals surface area contributed by atoms with Crippen molar-refractivity contribution in [3.8, 4) is 0 Å². The summed E-state index contributed by atoms with van der Waals surface area (Å²) in [4.78, 5) is 84.8. The molecule has 1 saturated carbocycles. The van der Waals surface area contributed by atoms with Gasteiger partial charge in [0.1, 0.15) is 41.7 Å². The molecule has 0 aromatic rings. The largest absolute Gasteiger partial charge is 0.460 e. The minimum absolute atomic E-state index is 0.00639. The van der Waals surface area contributed by atoms with Crippen LogP contribution in [0.1, 0.15) is 126 Å². The summed E-state index contributed by atoms with van der Waals surface area (Å²) in [7, 11) is 4.42. The van der Waals surface area contributed by atoms with Crippen LogP contribution in [0.4, 0.5) is 0 Å². The Morgan fingerprint density at radius 2 is 1.57 bits per heavy atom. The third-order valence-electron chi connectivity index (χ3n) is 15.7. The second-order valence-corrected chi connectivity index (χ2v) is 21.5. The van der Waals surface area contributed by atoms with Crippen LogP contribution in [-0.4, -0.2) is 156 Å². The Morgan fingerprint density at radius 1 is 0.875 bits per heavy atom. The fraction of sp³-hybridized carbons (Fsp3) is 0.745. The van der Waals surface area contributed by atoms with Crippen molar-refractivity contribution in [3.63, 3.8) is 0 Å². The van der Waals surface area contributed by atoms with E-state index in [1.807, 2.05) is 51.2 Å². The maximum Gasteiger partial charge on any atom is 0.329 e. The number of carbonyl (C=O) groups is 6. The zero-order valence-electron chi connectivity index (χ0n) is 44.6. The molecule has 0 spiro atoms. The third-order valence-corrected chi connectivity index (χ3v) is 15.7. The smallest absolute Gasteiger partial charge is 0.329 e. The van der Waals surface area contributed by atoms with E-state index in [4.69, 9.17) is 28.4 Å². The van der Waals surface area contributed by atoms with E-state index in [1.165, 1.54) is 21.1 Å². The van der Waals surface area contributed by atoms with Gasteiger partial charge in [-0.3, -0.25) is 24.0 Å². The first-order chi connectivity index (χ1) is 34.0. The molecule has 72 heavy (non-hydrogen) atoms. The summed E-state index contributed by atoms with van der Waals surface area (Å²) in [5.74, 6) is -9.37. The molecule has 3 fully saturated rings. The van der Waals surface area contributed by atoms with Gasteiger partial charge in [0.15, 0.2) is 5.78 Å². The normalized spacial score (nSPS) is 36.9. The number of aliphatic hydroxyl groups is 4. The molecule has 15 atom stereocenters. The van der Waals surface area contributed by atoms with Crippen LogP contribution in [-0.2, 0) is 57.2 Å². The number of Topliss-reactive ketones (excluding diaryl/α,β-unsaturated/α-hetero) is 3. The molecule has 0 aromatic heterocycles. The van der Waals surface area contributed by atoms with Crippen LogP contribution in [0.5, 0.6) is 0 Å². The summed E-state index contributed by atoms with van der Waals surface area (Å²) in [5, 5.41) is 43.0. The Labute approximate surface area is 426 Å². The van der Waals surface area contributed by atoms with Gasteiger partial charge in [0.05, 0.1) is 31.5 Å². The summed E-state index contributed by atoms with van der Waals surface area (Å²) >= 11 is 0. The topological polar surface area (TPSA) is 242 Å². The van der Waals surface area contributed by atoms with E-state index in [9.17, 15) is 49.2 Å². The summed E-state index contributed by atoms with van der Waals surface area (Å²) in [6.07, 6.45) is 9.10. The van der Waals surface area contributed by atoms with Gasteiger partial charge in [-0.25, -0.2) is 4.79 Å². The number of amides is 1. The second-order valence-electron chi connectivity index (χ2n) is 21.5. The molecule has 0 aromatic carbocycles. The average Bonchev–Trinajstić information content (AvgIpc) is 3.86. The fourth-order valence-corrected chi connectivity index (χ4v) is 10.5. The maximum absolute atomic E-state index is 14.4. The highest BCUT2D eigenvalue weighted by molar-refractivity contribution is 6.39. The van der Waals surface area contributed by atoms with Crippen LogP contribution in [0.25, 0.3) is 0 Å². The van der Waals surface area contributed by atoms with Crippen molar-refractivity contribution in [2.75, 3.05) is 41.1 Å². The quantitative estimate of drug-likeness (QED) is 0.123. The lowest BCUT2D eigenvalue weighted by Gasteiger charge is -2.41. The monoisotopic (exact) mass is 1020 g/mol. The predicted octanol–water partition coefficient (Wildman–Crippen LogP) is 5.33. The van der Waals surface area contributed by atoms with Crippen LogP contribution in [0.15, 0.2) is 47.6 Å². The van der Waals surface area contributed by atoms with E-state index in [2.05, 4.69) is 0 Å². The molecule has 3 heterocycles. The number of ketones is 3. The number of rotatable bonds is 10. The highest BCUT2D eigenvalue weighted by Crippen LogP contribution is 2.38. The minimum atomic E-state index is -2.46. The van der Waals surface area contributed by atoms with Crippen molar-refractivity contribution < 1.29 is 77.6 Å². The number of cyclic esters (lactones) is 1. The van der Waals surface area contributed by atoms with Gasteiger partial charge in [0, 0.05) is 58.5 Å². The molecule has 406 valence electrons. The summed E-state index contributed by atoms with van der Waals surface area (Å²) in [5.41, 5.74) is -0.279. The minimum Gasteiger partial charge on any atom is -0.460 e. The standard InChI is InChI=1S/C55H85NO16/c1-32-16-13-12-14-17-33(2)44(67-9)28-40-21-19-38(7)55(66,72-40)50(62)51(63)56-23-15-18-41(56)52(64)70-45(29-42(59)34(3)25-37(6)48(61)49(69-11)47(60)36(5)24-32)35(4)26-39-20-22-43(46(27-39)68-10)71-53(65)54(8,30-57)31-58/h12-14,16-17,25,32,34-36,38-41,43-46,48-49,57-58,61,66H,15,18-24,26-31H2,1-11H3/b14-12+,16-13+,33-17?,37-25+/t32-,34-,35-,36-,38-,39+,40+,41+,43-,44+,45+,46-,48-,49+,55-/m1/s1. The number of aliphatic hydroxyl groups excluding tert-OH is 3. The number of fused-ring (bicyclic) bond motifs is 3. The predicted molar refractivity (Wildman–Crippen MR) is 267 cm³/mol. The van der Waals surface area contributed by atoms with Gasteiger partial charge in [-0.2, -0.15) is 0 Å². The van der Waals surface area contributed by atoms with Gasteiger partial charge in [-0.15, -0.1) is 0 Å². The van der Waals surface area contributed by atoms with Crippen molar-refractivity contribution in [1.29, 1.82) is 0 Å². The van der Waals surface area contributed by atoms with E-state index >= 15 is 0 Å². The molecule has 0 unspecified atom stereocenters. The Morgan fingerprint density at radius 3 is 2.21 bits per heavy atom. The summed E-state index contributed by atoms with van der Waals surface area (Å²) in [6.45, 7) is 12.7. The zero-order chi connectivity index (χ0) is 53.7. The molecule has 17 heteroatoms. The molecule has 4 aliphatic rings. The van der Waals surface area contributed by atoms with E-state index in [-0.39, 0.29) is 42.8 Å². The number of hydrogen-bond donors (Lipinski definition) is 4. The van der Waals surface area contributed by atoms with Gasteiger partial charge in [0.25, 0.3) is 11.7 Å². The van der Waals surface area contributed by atoms with Crippen molar-refractivity contribution in [2.24, 2.45) is 40.9 Å². The van der Waals surface area contributed by atoms with Crippen molar-refractivity contribution in [3.05, 3.63) is 47.6 Å².